The molecule has 9 nitrogen and oxygen atoms in total. The summed E-state index contributed by atoms with van der Waals surface area (Å²) in [5.41, 5.74) is 23.2. The van der Waals surface area contributed by atoms with E-state index in [4.69, 9.17) is 22.9 Å². The van der Waals surface area contributed by atoms with E-state index < -0.39 is 5.91 Å². The topological polar surface area (TPSA) is 155 Å². The molecule has 32 heavy (non-hydrogen) atoms. The number of primary amides is 1. The van der Waals surface area contributed by atoms with Crippen LogP contribution >= 0.6 is 0 Å². The number of likely N-dealkylation sites (tertiary alicyclic amines) is 1. The van der Waals surface area contributed by atoms with E-state index in [0.717, 1.165) is 19.3 Å². The van der Waals surface area contributed by atoms with Gasteiger partial charge in [0.2, 0.25) is 0 Å². The van der Waals surface area contributed by atoms with E-state index in [-0.39, 0.29) is 17.2 Å². The Bertz CT molecular complexity index is 892. The summed E-state index contributed by atoms with van der Waals surface area (Å²) in [4.78, 5) is 17.1. The van der Waals surface area contributed by atoms with Gasteiger partial charge in [-0.05, 0) is 49.7 Å². The quantitative estimate of drug-likeness (QED) is 0.310. The van der Waals surface area contributed by atoms with Crippen LogP contribution in [0.15, 0.2) is 53.3 Å². The number of aliphatic imine (C=N–C) groups is 1. The Kier molecular flexibility index (Phi) is 11.7. The van der Waals surface area contributed by atoms with Gasteiger partial charge >= 0.3 is 0 Å². The normalized spacial score (nSPS) is 17.0. The second-order valence-electron chi connectivity index (χ2n) is 7.00. The molecule has 1 fully saturated rings. The van der Waals surface area contributed by atoms with Crippen LogP contribution in [0.25, 0.3) is 0 Å². The molecule has 1 aromatic heterocycles. The van der Waals surface area contributed by atoms with Crippen LogP contribution in [-0.4, -0.2) is 45.6 Å². The molecule has 0 saturated carbocycles. The van der Waals surface area contributed by atoms with Gasteiger partial charge in [0.05, 0.1) is 17.0 Å². The minimum absolute atomic E-state index is 0.0793. The highest BCUT2D eigenvalue weighted by Crippen LogP contribution is 2.13. The standard InChI is InChI=1S/C10H11FN4O.C10H18N4.C2H6/c11-6-1-3-7(4-2-6)15-9(13)8(5-12)10(14)16;1-13-10(4-5-12-13)8-14-6-2-3-9(11)7-14;1-2/h1-5H,12H2,(H2,13,15)(H2,14,16);4-5,9H,2-3,6-8,11H2,1H3;1-2H3/b8-5+;;/t;9-;/m.0./s1. The first-order valence-corrected chi connectivity index (χ1v) is 10.6. The van der Waals surface area contributed by atoms with E-state index in [9.17, 15) is 9.18 Å². The number of hydrogen-bond donors (Lipinski definition) is 4. The molecule has 3 rings (SSSR count). The first-order valence-electron chi connectivity index (χ1n) is 10.6. The van der Waals surface area contributed by atoms with E-state index >= 15 is 0 Å². The monoisotopic (exact) mass is 446 g/mol. The number of benzene rings is 1. The van der Waals surface area contributed by atoms with Gasteiger partial charge in [-0.3, -0.25) is 14.4 Å². The molecule has 8 N–H and O–H groups in total. The number of aryl methyl sites for hydroxylation is 1. The van der Waals surface area contributed by atoms with Crippen LogP contribution in [0.4, 0.5) is 10.1 Å². The number of halogens is 1. The lowest BCUT2D eigenvalue weighted by molar-refractivity contribution is -0.114. The largest absolute Gasteiger partial charge is 0.404 e. The number of carbonyl (C=O) groups excluding carboxylic acids is 1. The predicted molar refractivity (Wildman–Crippen MR) is 126 cm³/mol. The number of amidine groups is 1. The smallest absolute Gasteiger partial charge is 0.253 e. The Balaban J connectivity index is 0.000000299. The number of nitrogens with two attached hydrogens (primary N) is 4. The third-order valence-corrected chi connectivity index (χ3v) is 4.63. The Morgan fingerprint density at radius 1 is 1.25 bits per heavy atom. The van der Waals surface area contributed by atoms with Crippen molar-refractivity contribution in [2.75, 3.05) is 13.1 Å². The van der Waals surface area contributed by atoms with E-state index in [2.05, 4.69) is 21.1 Å². The summed E-state index contributed by atoms with van der Waals surface area (Å²) in [6, 6.07) is 7.70. The Labute approximate surface area is 188 Å². The zero-order valence-corrected chi connectivity index (χ0v) is 19.0. The molecule has 1 atom stereocenters. The van der Waals surface area contributed by atoms with Crippen LogP contribution in [0.1, 0.15) is 32.4 Å². The molecule has 1 saturated heterocycles. The Morgan fingerprint density at radius 3 is 2.41 bits per heavy atom. The summed E-state index contributed by atoms with van der Waals surface area (Å²) < 4.78 is 14.5. The van der Waals surface area contributed by atoms with Crippen molar-refractivity contribution in [3.05, 3.63) is 59.8 Å². The SMILES string of the molecule is CC.Cn1nccc1CN1CCC[C@H](N)C1.N/C=C(/C(N)=O)C(N)=Nc1ccc(F)cc1. The number of rotatable bonds is 5. The summed E-state index contributed by atoms with van der Waals surface area (Å²) in [6.45, 7) is 7.16. The maximum absolute atomic E-state index is 12.6. The van der Waals surface area contributed by atoms with Gasteiger partial charge in [-0.15, -0.1) is 0 Å². The lowest BCUT2D eigenvalue weighted by atomic mass is 10.1. The van der Waals surface area contributed by atoms with Crippen molar-refractivity contribution >= 4 is 17.4 Å². The van der Waals surface area contributed by atoms with E-state index in [1.807, 2.05) is 31.8 Å². The van der Waals surface area contributed by atoms with Gasteiger partial charge in [0, 0.05) is 38.6 Å². The number of amides is 1. The molecule has 0 unspecified atom stereocenters. The minimum atomic E-state index is -0.772. The van der Waals surface area contributed by atoms with E-state index in [1.54, 1.807) is 0 Å². The molecule has 1 aliphatic heterocycles. The fourth-order valence-corrected chi connectivity index (χ4v) is 3.03. The molecule has 1 amide bonds. The van der Waals surface area contributed by atoms with Crippen LogP contribution in [0.5, 0.6) is 0 Å². The van der Waals surface area contributed by atoms with Crippen LogP contribution in [0.3, 0.4) is 0 Å². The summed E-state index contributed by atoms with van der Waals surface area (Å²) in [5, 5.41) is 4.16. The molecule has 2 aromatic rings. The molecular weight excluding hydrogens is 411 g/mol. The number of carbonyl (C=O) groups is 1. The van der Waals surface area contributed by atoms with Crippen molar-refractivity contribution in [1.82, 2.24) is 14.7 Å². The maximum Gasteiger partial charge on any atom is 0.253 e. The van der Waals surface area contributed by atoms with Crippen LogP contribution in [-0.2, 0) is 18.4 Å². The van der Waals surface area contributed by atoms with Gasteiger partial charge in [0.1, 0.15) is 11.7 Å². The number of nitrogens with zero attached hydrogens (tertiary/aromatic N) is 4. The van der Waals surface area contributed by atoms with Crippen LogP contribution in [0.2, 0.25) is 0 Å². The molecule has 1 aliphatic rings. The van der Waals surface area contributed by atoms with Crippen molar-refractivity contribution in [2.24, 2.45) is 35.0 Å². The highest BCUT2D eigenvalue weighted by atomic mass is 19.1. The van der Waals surface area contributed by atoms with Crippen LogP contribution in [0, 0.1) is 5.82 Å². The number of piperidine rings is 1. The van der Waals surface area contributed by atoms with Gasteiger partial charge in [-0.25, -0.2) is 9.38 Å². The van der Waals surface area contributed by atoms with Gasteiger partial charge in [0.15, 0.2) is 0 Å². The molecule has 10 heteroatoms. The van der Waals surface area contributed by atoms with Gasteiger partial charge in [0.25, 0.3) is 5.91 Å². The second kappa shape index (κ2) is 13.9. The fourth-order valence-electron chi connectivity index (χ4n) is 3.03. The average Bonchev–Trinajstić information content (AvgIpc) is 3.16. The Hall–Kier alpha value is -3.24. The number of aromatic nitrogens is 2. The van der Waals surface area contributed by atoms with Crippen molar-refractivity contribution in [2.45, 2.75) is 39.3 Å². The Morgan fingerprint density at radius 2 is 1.91 bits per heavy atom. The molecule has 0 aliphatic carbocycles. The van der Waals surface area contributed by atoms with E-state index in [0.29, 0.717) is 11.7 Å². The lowest BCUT2D eigenvalue weighted by Gasteiger charge is -2.30. The minimum Gasteiger partial charge on any atom is -0.404 e. The maximum atomic E-state index is 12.6. The highest BCUT2D eigenvalue weighted by molar-refractivity contribution is 6.20. The first kappa shape index (κ1) is 26.8. The van der Waals surface area contributed by atoms with Gasteiger partial charge in [-0.2, -0.15) is 5.10 Å². The molecule has 1 aromatic carbocycles. The molecule has 176 valence electrons. The third kappa shape index (κ3) is 8.86. The van der Waals surface area contributed by atoms with Gasteiger partial charge in [-0.1, -0.05) is 13.8 Å². The predicted octanol–water partition coefficient (Wildman–Crippen LogP) is 1.51. The van der Waals surface area contributed by atoms with Crippen molar-refractivity contribution < 1.29 is 9.18 Å². The van der Waals surface area contributed by atoms with Crippen LogP contribution < -0.4 is 22.9 Å². The first-order chi connectivity index (χ1) is 15.3. The summed E-state index contributed by atoms with van der Waals surface area (Å²) >= 11 is 0. The number of hydrogen-bond acceptors (Lipinski definition) is 6. The lowest BCUT2D eigenvalue weighted by Crippen LogP contribution is -2.42. The zero-order chi connectivity index (χ0) is 24.1. The fraction of sp³-hybridized carbons (Fsp3) is 0.409. The third-order valence-electron chi connectivity index (χ3n) is 4.63. The zero-order valence-electron chi connectivity index (χ0n) is 19.0. The summed E-state index contributed by atoms with van der Waals surface area (Å²) in [6.07, 6.45) is 5.21. The molecule has 2 heterocycles. The highest BCUT2D eigenvalue weighted by Gasteiger charge is 2.17. The van der Waals surface area contributed by atoms with Crippen molar-refractivity contribution in [1.29, 1.82) is 0 Å². The molecule has 0 bridgehead atoms. The van der Waals surface area contributed by atoms with E-state index in [1.165, 1.54) is 49.3 Å². The molecule has 0 spiro atoms. The average molecular weight is 447 g/mol. The van der Waals surface area contributed by atoms with Crippen molar-refractivity contribution in [3.63, 3.8) is 0 Å². The van der Waals surface area contributed by atoms with Gasteiger partial charge < -0.3 is 22.9 Å². The molecular formula is C22H35FN8O. The summed E-state index contributed by atoms with van der Waals surface area (Å²) in [7, 11) is 1.99. The summed E-state index contributed by atoms with van der Waals surface area (Å²) in [5.74, 6) is -1.27. The molecule has 0 radical (unpaired) electrons. The van der Waals surface area contributed by atoms with Crippen molar-refractivity contribution in [3.8, 4) is 0 Å². The second-order valence-corrected chi connectivity index (χ2v) is 7.00.